The minimum Gasteiger partial charge on any atom is -0.999 e. The van der Waals surface area contributed by atoms with Crippen molar-refractivity contribution >= 4 is 11.4 Å². The second-order valence-corrected chi connectivity index (χ2v) is 2.56. The minimum atomic E-state index is -0.513. The van der Waals surface area contributed by atoms with E-state index in [2.05, 4.69) is 42.7 Å². The molecule has 0 fully saturated rings. The van der Waals surface area contributed by atoms with Crippen LogP contribution in [0.3, 0.4) is 0 Å². The fourth-order valence-corrected chi connectivity index (χ4v) is 0.821. The van der Waals surface area contributed by atoms with Gasteiger partial charge >= 0.3 is 22.6 Å². The molecule has 7 nitrogen and oxygen atoms in total. The van der Waals surface area contributed by atoms with Crippen LogP contribution in [0.15, 0.2) is 35.4 Å². The van der Waals surface area contributed by atoms with Gasteiger partial charge in [0.05, 0.1) is 4.92 Å². The van der Waals surface area contributed by atoms with Crippen LogP contribution in [0, 0.1) is 47.7 Å². The maximum Gasteiger partial charge on any atom is 0.269 e. The first kappa shape index (κ1) is 23.8. The maximum absolute atomic E-state index is 10.1. The summed E-state index contributed by atoms with van der Waals surface area (Å²) in [5.74, 6) is 0. The standard InChI is InChI=1S/C6H4N3O2.C5H.2CO.Mo/c7-8-5-1-3-6(4-2-5)9(10)11;1-2-4-5-3-1;2*1-2;/h1-4H;1H;;;/q-1;-5;;;. The summed E-state index contributed by atoms with van der Waals surface area (Å²) in [5.41, 5.74) is 8.51. The molecule has 0 amide bonds. The van der Waals surface area contributed by atoms with Gasteiger partial charge in [0.15, 0.2) is 0 Å². The SMILES string of the molecule is [C-]#[O+].[C-]#[O+].[Mo].[N-]=Nc1ccc([N+](=O)[O-])cc1.[c-]1[c-][c-][cH-][c-]1. The van der Waals surface area contributed by atoms with Crippen LogP contribution >= 0.6 is 0 Å². The van der Waals surface area contributed by atoms with Crippen molar-refractivity contribution in [1.29, 1.82) is 0 Å². The molecular formula is C13H5MoN3O4-6. The molecule has 8 heteroatoms. The molecule has 0 aliphatic heterocycles. The summed E-state index contributed by atoms with van der Waals surface area (Å²) < 4.78 is 15.0. The van der Waals surface area contributed by atoms with Crippen molar-refractivity contribution in [3.63, 3.8) is 0 Å². The van der Waals surface area contributed by atoms with E-state index in [-0.39, 0.29) is 26.8 Å². The van der Waals surface area contributed by atoms with E-state index >= 15 is 0 Å². The van der Waals surface area contributed by atoms with E-state index in [0.717, 1.165) is 0 Å². The van der Waals surface area contributed by atoms with Crippen molar-refractivity contribution in [3.8, 4) is 0 Å². The largest absolute Gasteiger partial charge is 0.999 e. The van der Waals surface area contributed by atoms with Crippen molar-refractivity contribution in [1.82, 2.24) is 0 Å². The molecule has 2 aromatic carbocycles. The molecule has 108 valence electrons. The van der Waals surface area contributed by atoms with Gasteiger partial charge in [-0.1, -0.05) is 0 Å². The van der Waals surface area contributed by atoms with Gasteiger partial charge in [-0.3, -0.25) is 10.1 Å². The fourth-order valence-electron chi connectivity index (χ4n) is 0.821. The Morgan fingerprint density at radius 3 is 1.81 bits per heavy atom. The summed E-state index contributed by atoms with van der Waals surface area (Å²) in [5, 5.41) is 13.0. The summed E-state index contributed by atoms with van der Waals surface area (Å²) in [6.07, 6.45) is 0. The molecule has 0 aliphatic rings. The van der Waals surface area contributed by atoms with Crippen LogP contribution in [-0.2, 0) is 30.4 Å². The molecule has 0 bridgehead atoms. The molecule has 0 spiro atoms. The van der Waals surface area contributed by atoms with Crippen LogP contribution < -0.4 is 0 Å². The Morgan fingerprint density at radius 2 is 1.57 bits per heavy atom. The summed E-state index contributed by atoms with van der Waals surface area (Å²) >= 11 is 0. The van der Waals surface area contributed by atoms with Crippen LogP contribution in [0.1, 0.15) is 0 Å². The van der Waals surface area contributed by atoms with Crippen molar-refractivity contribution < 1.29 is 35.3 Å². The molecule has 2 aromatic rings. The van der Waals surface area contributed by atoms with Gasteiger partial charge in [-0.05, 0) is 12.1 Å². The van der Waals surface area contributed by atoms with E-state index in [0.29, 0.717) is 5.69 Å². The second kappa shape index (κ2) is 17.7. The maximum atomic E-state index is 10.1. The van der Waals surface area contributed by atoms with Crippen molar-refractivity contribution in [2.75, 3.05) is 0 Å². The van der Waals surface area contributed by atoms with Gasteiger partial charge in [0.1, 0.15) is 0 Å². The molecule has 0 N–H and O–H groups in total. The molecular weight excluding hydrogens is 358 g/mol. The molecule has 0 aromatic heterocycles. The molecule has 0 unspecified atom stereocenters. The van der Waals surface area contributed by atoms with Gasteiger partial charge in [0.25, 0.3) is 5.69 Å². The topological polar surface area (TPSA) is 118 Å². The number of benzene rings is 1. The summed E-state index contributed by atoms with van der Waals surface area (Å²) in [4.78, 5) is 9.60. The Hall–Kier alpha value is -2.26. The predicted octanol–water partition coefficient (Wildman–Crippen LogP) is 2.78. The third-order valence-electron chi connectivity index (χ3n) is 1.53. The number of rotatable bonds is 2. The molecule has 0 atom stereocenters. The van der Waals surface area contributed by atoms with Crippen LogP contribution in [-0.4, -0.2) is 4.92 Å². The fraction of sp³-hybridized carbons (Fsp3) is 0. The number of hydrogen-bond acceptors (Lipinski definition) is 3. The summed E-state index contributed by atoms with van der Waals surface area (Å²) in [7, 11) is 0. The summed E-state index contributed by atoms with van der Waals surface area (Å²) in [6, 6.07) is 17.3. The smallest absolute Gasteiger partial charge is 0.269 e. The first-order chi connectivity index (χ1) is 9.74. The predicted molar refractivity (Wildman–Crippen MR) is 63.8 cm³/mol. The van der Waals surface area contributed by atoms with Crippen molar-refractivity contribution in [2.24, 2.45) is 5.11 Å². The molecule has 21 heavy (non-hydrogen) atoms. The zero-order chi connectivity index (χ0) is 15.8. The average molecular weight is 363 g/mol. The number of nitro groups is 1. The Kier molecular flexibility index (Phi) is 20.1. The van der Waals surface area contributed by atoms with Gasteiger partial charge in [-0.2, -0.15) is 0 Å². The number of non-ortho nitro benzene ring substituents is 1. The van der Waals surface area contributed by atoms with Gasteiger partial charge in [0, 0.05) is 38.9 Å². The van der Waals surface area contributed by atoms with Gasteiger partial charge in [-0.25, -0.2) is 0 Å². The van der Waals surface area contributed by atoms with E-state index in [9.17, 15) is 10.1 Å². The number of nitro benzene ring substituents is 1. The number of nitrogens with zero attached hydrogens (tertiary/aromatic N) is 3. The third-order valence-corrected chi connectivity index (χ3v) is 1.53. The van der Waals surface area contributed by atoms with Gasteiger partial charge in [0.2, 0.25) is 0 Å². The van der Waals surface area contributed by atoms with E-state index < -0.39 is 4.92 Å². The molecule has 0 saturated carbocycles. The van der Waals surface area contributed by atoms with Crippen LogP contribution in [0.25, 0.3) is 5.53 Å². The Morgan fingerprint density at radius 1 is 1.14 bits per heavy atom. The minimum absolute atomic E-state index is 0. The zero-order valence-corrected chi connectivity index (χ0v) is 12.3. The van der Waals surface area contributed by atoms with E-state index in [1.807, 2.05) is 0 Å². The van der Waals surface area contributed by atoms with E-state index in [1.165, 1.54) is 24.3 Å². The third kappa shape index (κ3) is 12.5. The van der Waals surface area contributed by atoms with Crippen LogP contribution in [0.4, 0.5) is 11.4 Å². The normalized spacial score (nSPS) is 6.86. The monoisotopic (exact) mass is 365 g/mol. The quantitative estimate of drug-likeness (QED) is 0.204. The number of hydrogen-bond donors (Lipinski definition) is 0. The summed E-state index contributed by atoms with van der Waals surface area (Å²) in [6.45, 7) is 9.00. The Labute approximate surface area is 135 Å². The molecule has 0 aliphatic carbocycles. The Balaban J connectivity index is -0.000000273. The first-order valence-electron chi connectivity index (χ1n) is 4.57. The van der Waals surface area contributed by atoms with Crippen LogP contribution in [0.5, 0.6) is 0 Å². The molecule has 0 saturated heterocycles. The zero-order valence-electron chi connectivity index (χ0n) is 10.3. The molecule has 0 radical (unpaired) electrons. The van der Waals surface area contributed by atoms with Gasteiger partial charge in [-0.15, -0.1) is 0 Å². The van der Waals surface area contributed by atoms with Crippen LogP contribution in [0.2, 0.25) is 0 Å². The molecule has 2 rings (SSSR count). The van der Waals surface area contributed by atoms with E-state index in [4.69, 9.17) is 14.8 Å². The Bertz CT molecular complexity index is 498. The van der Waals surface area contributed by atoms with Crippen molar-refractivity contribution in [3.05, 3.63) is 83.5 Å². The van der Waals surface area contributed by atoms with E-state index in [1.54, 1.807) is 6.07 Å². The second-order valence-electron chi connectivity index (χ2n) is 2.56. The average Bonchev–Trinajstić information content (AvgIpc) is 3.11. The molecule has 0 heterocycles. The van der Waals surface area contributed by atoms with Gasteiger partial charge < -0.3 is 41.0 Å². The van der Waals surface area contributed by atoms with Crippen molar-refractivity contribution in [2.45, 2.75) is 0 Å². The first-order valence-corrected chi connectivity index (χ1v) is 4.57.